The van der Waals surface area contributed by atoms with Gasteiger partial charge in [0.1, 0.15) is 15.8 Å². The Kier molecular flexibility index (Phi) is 8.22. The Labute approximate surface area is 219 Å². The van der Waals surface area contributed by atoms with E-state index in [1.54, 1.807) is 4.68 Å². The van der Waals surface area contributed by atoms with E-state index in [1.165, 1.54) is 16.7 Å². The first-order chi connectivity index (χ1) is 17.4. The Morgan fingerprint density at radius 3 is 2.69 bits per heavy atom. The second-order valence-electron chi connectivity index (χ2n) is 8.37. The number of aromatic nitrogens is 2. The number of thioether (sulfide) groups is 1. The predicted octanol–water partition coefficient (Wildman–Crippen LogP) is 5.70. The third-order valence-electron chi connectivity index (χ3n) is 5.61. The molecular weight excluding hydrogens is 494 g/mol. The number of carbonyl (C=O) groups is 2. The largest absolute Gasteiger partial charge is 0.493 e. The van der Waals surface area contributed by atoms with Gasteiger partial charge in [0.2, 0.25) is 0 Å². The molecule has 7 nitrogen and oxygen atoms in total. The molecule has 2 heterocycles. The average molecular weight is 522 g/mol. The maximum absolute atomic E-state index is 13.1. The minimum atomic E-state index is -0.893. The van der Waals surface area contributed by atoms with Crippen LogP contribution < -0.4 is 4.74 Å². The van der Waals surface area contributed by atoms with Gasteiger partial charge in [-0.05, 0) is 61.7 Å². The van der Waals surface area contributed by atoms with Gasteiger partial charge in [-0.15, -0.1) is 0 Å². The molecule has 0 atom stereocenters. The Hall–Kier alpha value is -3.43. The molecule has 36 heavy (non-hydrogen) atoms. The molecule has 1 fully saturated rings. The van der Waals surface area contributed by atoms with E-state index in [-0.39, 0.29) is 18.9 Å². The molecule has 0 radical (unpaired) electrons. The lowest BCUT2D eigenvalue weighted by atomic mass is 10.0. The number of thiocarbonyl (C=S) groups is 1. The summed E-state index contributed by atoms with van der Waals surface area (Å²) < 4.78 is 8.06. The van der Waals surface area contributed by atoms with Gasteiger partial charge in [0.15, 0.2) is 0 Å². The first kappa shape index (κ1) is 25.7. The quantitative estimate of drug-likeness (QED) is 0.270. The molecule has 0 spiro atoms. The van der Waals surface area contributed by atoms with Gasteiger partial charge in [-0.25, -0.2) is 4.68 Å². The van der Waals surface area contributed by atoms with Crippen LogP contribution in [0.15, 0.2) is 59.6 Å². The van der Waals surface area contributed by atoms with E-state index in [0.717, 1.165) is 40.2 Å². The molecule has 1 saturated heterocycles. The molecule has 0 bridgehead atoms. The van der Waals surface area contributed by atoms with Crippen molar-refractivity contribution < 1.29 is 19.4 Å². The van der Waals surface area contributed by atoms with Crippen LogP contribution in [-0.2, 0) is 9.59 Å². The summed E-state index contributed by atoms with van der Waals surface area (Å²) in [6.07, 6.45) is 4.98. The highest BCUT2D eigenvalue weighted by Crippen LogP contribution is 2.36. The van der Waals surface area contributed by atoms with Crippen LogP contribution >= 0.6 is 24.0 Å². The molecule has 1 aliphatic rings. The van der Waals surface area contributed by atoms with Crippen LogP contribution in [0.3, 0.4) is 0 Å². The highest BCUT2D eigenvalue weighted by atomic mass is 32.2. The van der Waals surface area contributed by atoms with Crippen molar-refractivity contribution in [3.05, 3.63) is 70.8 Å². The van der Waals surface area contributed by atoms with Gasteiger partial charge in [0.05, 0.1) is 17.2 Å². The number of amides is 1. The summed E-state index contributed by atoms with van der Waals surface area (Å²) in [7, 11) is 0. The number of carboxylic acid groups (broad SMARTS) is 1. The van der Waals surface area contributed by atoms with E-state index in [1.807, 2.05) is 67.7 Å². The number of aliphatic carboxylic acids is 1. The van der Waals surface area contributed by atoms with Crippen molar-refractivity contribution in [1.29, 1.82) is 0 Å². The number of rotatable bonds is 10. The number of ether oxygens (including phenoxy) is 1. The molecule has 0 saturated carbocycles. The van der Waals surface area contributed by atoms with E-state index in [0.29, 0.717) is 22.3 Å². The van der Waals surface area contributed by atoms with Crippen LogP contribution in [0.2, 0.25) is 0 Å². The molecule has 4 rings (SSSR count). The van der Waals surface area contributed by atoms with E-state index in [4.69, 9.17) is 27.2 Å². The summed E-state index contributed by atoms with van der Waals surface area (Å²) in [5.74, 6) is -0.268. The number of benzene rings is 2. The predicted molar refractivity (Wildman–Crippen MR) is 146 cm³/mol. The molecule has 0 aliphatic carbocycles. The number of hydrogen-bond acceptors (Lipinski definition) is 6. The summed E-state index contributed by atoms with van der Waals surface area (Å²) in [5, 5.41) is 13.8. The number of carbonyl (C=O) groups excluding carboxylic acids is 1. The van der Waals surface area contributed by atoms with E-state index >= 15 is 0 Å². The second-order valence-corrected chi connectivity index (χ2v) is 10.0. The Morgan fingerprint density at radius 1 is 1.22 bits per heavy atom. The maximum atomic E-state index is 13.1. The van der Waals surface area contributed by atoms with Crippen LogP contribution in [0.5, 0.6) is 5.75 Å². The average Bonchev–Trinajstić information content (AvgIpc) is 3.40. The molecule has 1 aromatic heterocycles. The molecule has 1 aliphatic heterocycles. The van der Waals surface area contributed by atoms with Gasteiger partial charge in [-0.3, -0.25) is 14.5 Å². The summed E-state index contributed by atoms with van der Waals surface area (Å²) >= 11 is 6.63. The zero-order chi connectivity index (χ0) is 25.7. The van der Waals surface area contributed by atoms with Gasteiger partial charge in [-0.2, -0.15) is 5.10 Å². The van der Waals surface area contributed by atoms with Crippen LogP contribution in [0, 0.1) is 6.92 Å². The lowest BCUT2D eigenvalue weighted by molar-refractivity contribution is -0.137. The standard InChI is InChI=1S/C27H27N3O4S2/c1-3-14-34-22-12-11-19(15-18(22)2)25-20(17-30(28-25)21-8-5-4-6-9-21)16-23-26(33)29(27(35)36-23)13-7-10-24(31)32/h4-6,8-9,11-12,15-17H,3,7,10,13-14H2,1-2H3,(H,31,32). The van der Waals surface area contributed by atoms with Crippen molar-refractivity contribution in [2.24, 2.45) is 0 Å². The van der Waals surface area contributed by atoms with Crippen LogP contribution in [-0.4, -0.2) is 49.1 Å². The normalized spacial score (nSPS) is 14.6. The fraction of sp³-hybridized carbons (Fsp3) is 0.259. The van der Waals surface area contributed by atoms with Crippen LogP contribution in [0.25, 0.3) is 23.0 Å². The fourth-order valence-corrected chi connectivity index (χ4v) is 5.12. The Bertz CT molecular complexity index is 1320. The lowest BCUT2D eigenvalue weighted by Gasteiger charge is -2.13. The highest BCUT2D eigenvalue weighted by Gasteiger charge is 2.32. The summed E-state index contributed by atoms with van der Waals surface area (Å²) in [5.41, 5.74) is 4.34. The first-order valence-electron chi connectivity index (χ1n) is 11.7. The van der Waals surface area contributed by atoms with Crippen molar-refractivity contribution in [3.63, 3.8) is 0 Å². The third-order valence-corrected chi connectivity index (χ3v) is 6.98. The molecule has 0 unspecified atom stereocenters. The third kappa shape index (κ3) is 5.85. The van der Waals surface area contributed by atoms with Crippen molar-refractivity contribution in [2.75, 3.05) is 13.2 Å². The summed E-state index contributed by atoms with van der Waals surface area (Å²) in [6, 6.07) is 15.7. The molecule has 3 aromatic rings. The van der Waals surface area contributed by atoms with Gasteiger partial charge >= 0.3 is 5.97 Å². The van der Waals surface area contributed by atoms with Gasteiger partial charge in [0.25, 0.3) is 5.91 Å². The number of hydrogen-bond donors (Lipinski definition) is 1. The zero-order valence-electron chi connectivity index (χ0n) is 20.1. The van der Waals surface area contributed by atoms with Crippen LogP contribution in [0.4, 0.5) is 0 Å². The smallest absolute Gasteiger partial charge is 0.303 e. The van der Waals surface area contributed by atoms with Crippen LogP contribution in [0.1, 0.15) is 37.3 Å². The molecule has 186 valence electrons. The summed E-state index contributed by atoms with van der Waals surface area (Å²) in [4.78, 5) is 25.9. The van der Waals surface area contributed by atoms with E-state index < -0.39 is 5.97 Å². The van der Waals surface area contributed by atoms with Gasteiger partial charge in [-0.1, -0.05) is 49.1 Å². The highest BCUT2D eigenvalue weighted by molar-refractivity contribution is 8.26. The van der Waals surface area contributed by atoms with Crippen molar-refractivity contribution in [1.82, 2.24) is 14.7 Å². The summed E-state index contributed by atoms with van der Waals surface area (Å²) in [6.45, 7) is 5.01. The van der Waals surface area contributed by atoms with Crippen molar-refractivity contribution in [2.45, 2.75) is 33.1 Å². The fourth-order valence-electron chi connectivity index (χ4n) is 3.82. The molecule has 1 amide bonds. The molecule has 1 N–H and O–H groups in total. The minimum Gasteiger partial charge on any atom is -0.493 e. The van der Waals surface area contributed by atoms with E-state index in [9.17, 15) is 9.59 Å². The van der Waals surface area contributed by atoms with E-state index in [2.05, 4.69) is 6.92 Å². The van der Waals surface area contributed by atoms with Crippen molar-refractivity contribution in [3.8, 4) is 22.7 Å². The zero-order valence-corrected chi connectivity index (χ0v) is 21.8. The second kappa shape index (κ2) is 11.5. The maximum Gasteiger partial charge on any atom is 0.303 e. The molecule has 2 aromatic carbocycles. The van der Waals surface area contributed by atoms with Gasteiger partial charge in [0, 0.05) is 30.3 Å². The van der Waals surface area contributed by atoms with Gasteiger partial charge < -0.3 is 9.84 Å². The monoisotopic (exact) mass is 521 g/mol. The minimum absolute atomic E-state index is 0.0125. The number of nitrogens with zero attached hydrogens (tertiary/aromatic N) is 3. The number of carboxylic acids is 1. The Balaban J connectivity index is 1.70. The Morgan fingerprint density at radius 2 is 2.00 bits per heavy atom. The van der Waals surface area contributed by atoms with Crippen molar-refractivity contribution >= 4 is 46.3 Å². The number of para-hydroxylation sites is 1. The lowest BCUT2D eigenvalue weighted by Crippen LogP contribution is -2.29. The SMILES string of the molecule is CCCOc1ccc(-c2nn(-c3ccccc3)cc2C=C2SC(=S)N(CCCC(=O)O)C2=O)cc1C. The molecular formula is C27H27N3O4S2. The topological polar surface area (TPSA) is 84.7 Å². The first-order valence-corrected chi connectivity index (χ1v) is 13.0. The molecule has 9 heteroatoms. The number of aryl methyl sites for hydroxylation is 1.